The summed E-state index contributed by atoms with van der Waals surface area (Å²) in [6.07, 6.45) is 0. The number of para-hydroxylation sites is 1. The molecule has 21 heavy (non-hydrogen) atoms. The van der Waals surface area contributed by atoms with Crippen molar-refractivity contribution in [1.29, 1.82) is 5.26 Å². The number of Topliss-reactive ketones (excluding diaryl/α,β-unsaturated/α-hetero) is 1. The van der Waals surface area contributed by atoms with E-state index >= 15 is 0 Å². The Morgan fingerprint density at radius 1 is 1.29 bits per heavy atom. The molecule has 2 aromatic rings. The van der Waals surface area contributed by atoms with Crippen LogP contribution >= 0.6 is 0 Å². The van der Waals surface area contributed by atoms with E-state index in [-0.39, 0.29) is 17.9 Å². The molecule has 0 unspecified atom stereocenters. The number of carbonyl (C=O) groups is 1. The lowest BCUT2D eigenvalue weighted by molar-refractivity contribution is -0.117. The maximum Gasteiger partial charge on any atom is 0.269 e. The predicted molar refractivity (Wildman–Crippen MR) is 78.1 cm³/mol. The fraction of sp³-hybridized carbons (Fsp3) is 0.188. The standard InChI is InChI=1S/C16H14N2O3/c1-11(19)10-18-14(8-7-12(9-17)16(18)20)13-5-3-4-6-15(13)21-2/h3-8H,10H2,1-2H3. The van der Waals surface area contributed by atoms with Crippen molar-refractivity contribution in [2.24, 2.45) is 0 Å². The third-order valence-electron chi connectivity index (χ3n) is 3.06. The minimum absolute atomic E-state index is 0.00916. The smallest absolute Gasteiger partial charge is 0.269 e. The van der Waals surface area contributed by atoms with Gasteiger partial charge in [-0.1, -0.05) is 12.1 Å². The Balaban J connectivity index is 2.74. The topological polar surface area (TPSA) is 72.1 Å². The molecule has 0 N–H and O–H groups in total. The number of benzene rings is 1. The van der Waals surface area contributed by atoms with Gasteiger partial charge in [0.2, 0.25) is 0 Å². The van der Waals surface area contributed by atoms with Gasteiger partial charge in [-0.05, 0) is 31.2 Å². The number of nitrogens with zero attached hydrogens (tertiary/aromatic N) is 2. The second kappa shape index (κ2) is 6.06. The van der Waals surface area contributed by atoms with E-state index in [0.29, 0.717) is 17.0 Å². The fourth-order valence-electron chi connectivity index (χ4n) is 2.13. The Kier molecular flexibility index (Phi) is 4.19. The van der Waals surface area contributed by atoms with Crippen LogP contribution in [0.1, 0.15) is 12.5 Å². The van der Waals surface area contributed by atoms with E-state index in [1.807, 2.05) is 18.2 Å². The summed E-state index contributed by atoms with van der Waals surface area (Å²) >= 11 is 0. The Labute approximate surface area is 122 Å². The molecule has 0 aliphatic carbocycles. The Morgan fingerprint density at radius 3 is 2.62 bits per heavy atom. The number of carbonyl (C=O) groups excluding carboxylic acids is 1. The van der Waals surface area contributed by atoms with Crippen molar-refractivity contribution in [3.05, 3.63) is 52.3 Å². The third kappa shape index (κ3) is 2.84. The maximum atomic E-state index is 12.3. The van der Waals surface area contributed by atoms with Gasteiger partial charge in [0.05, 0.1) is 19.3 Å². The predicted octanol–water partition coefficient (Wildman–Crippen LogP) is 1.98. The highest BCUT2D eigenvalue weighted by Crippen LogP contribution is 2.28. The normalized spacial score (nSPS) is 9.95. The molecule has 1 aromatic heterocycles. The Morgan fingerprint density at radius 2 is 2.00 bits per heavy atom. The highest BCUT2D eigenvalue weighted by Gasteiger charge is 2.14. The molecular formula is C16H14N2O3. The van der Waals surface area contributed by atoms with Crippen molar-refractivity contribution in [2.75, 3.05) is 7.11 Å². The summed E-state index contributed by atoms with van der Waals surface area (Å²) < 4.78 is 6.60. The third-order valence-corrected chi connectivity index (χ3v) is 3.06. The van der Waals surface area contributed by atoms with Crippen molar-refractivity contribution in [3.8, 4) is 23.1 Å². The van der Waals surface area contributed by atoms with Gasteiger partial charge in [0.15, 0.2) is 0 Å². The summed E-state index contributed by atoms with van der Waals surface area (Å²) in [6.45, 7) is 1.32. The first-order chi connectivity index (χ1) is 10.1. The zero-order valence-electron chi connectivity index (χ0n) is 11.8. The first-order valence-corrected chi connectivity index (χ1v) is 6.35. The van der Waals surface area contributed by atoms with Crippen LogP contribution in [0.3, 0.4) is 0 Å². The molecule has 1 heterocycles. The average Bonchev–Trinajstić information content (AvgIpc) is 2.49. The molecule has 0 saturated carbocycles. The minimum atomic E-state index is -0.476. The molecule has 0 spiro atoms. The number of pyridine rings is 1. The number of methoxy groups -OCH3 is 1. The van der Waals surface area contributed by atoms with Crippen LogP contribution in [0.15, 0.2) is 41.2 Å². The molecular weight excluding hydrogens is 268 g/mol. The molecule has 1 aromatic carbocycles. The molecule has 106 valence electrons. The molecule has 0 aliphatic rings. The largest absolute Gasteiger partial charge is 0.496 e. The Hall–Kier alpha value is -2.87. The van der Waals surface area contributed by atoms with Gasteiger partial charge < -0.3 is 4.74 Å². The van der Waals surface area contributed by atoms with Crippen molar-refractivity contribution in [2.45, 2.75) is 13.5 Å². The first kappa shape index (κ1) is 14.5. The second-order valence-electron chi connectivity index (χ2n) is 4.54. The summed E-state index contributed by atoms with van der Waals surface area (Å²) in [7, 11) is 1.54. The van der Waals surface area contributed by atoms with Crippen LogP contribution in [-0.2, 0) is 11.3 Å². The lowest BCUT2D eigenvalue weighted by atomic mass is 10.1. The van der Waals surface area contributed by atoms with Crippen LogP contribution in [0.5, 0.6) is 5.75 Å². The van der Waals surface area contributed by atoms with Crippen LogP contribution in [0.4, 0.5) is 0 Å². The zero-order valence-corrected chi connectivity index (χ0v) is 11.8. The van der Waals surface area contributed by atoms with Gasteiger partial charge in [-0.3, -0.25) is 14.2 Å². The number of aromatic nitrogens is 1. The minimum Gasteiger partial charge on any atom is -0.496 e. The molecule has 2 rings (SSSR count). The molecule has 0 bridgehead atoms. The van der Waals surface area contributed by atoms with Gasteiger partial charge in [0, 0.05) is 5.56 Å². The molecule has 0 amide bonds. The highest BCUT2D eigenvalue weighted by atomic mass is 16.5. The fourth-order valence-corrected chi connectivity index (χ4v) is 2.13. The zero-order chi connectivity index (χ0) is 15.4. The summed E-state index contributed by atoms with van der Waals surface area (Å²) in [5.41, 5.74) is 0.778. The molecule has 5 heteroatoms. The summed E-state index contributed by atoms with van der Waals surface area (Å²) in [5, 5.41) is 8.97. The van der Waals surface area contributed by atoms with Gasteiger partial charge in [0.1, 0.15) is 23.2 Å². The van der Waals surface area contributed by atoms with Gasteiger partial charge in [-0.2, -0.15) is 5.26 Å². The van der Waals surface area contributed by atoms with Gasteiger partial charge in [-0.25, -0.2) is 0 Å². The van der Waals surface area contributed by atoms with Crippen molar-refractivity contribution in [3.63, 3.8) is 0 Å². The van der Waals surface area contributed by atoms with Crippen LogP contribution in [-0.4, -0.2) is 17.5 Å². The molecule has 0 fully saturated rings. The van der Waals surface area contributed by atoms with Crippen LogP contribution in [0.25, 0.3) is 11.3 Å². The van der Waals surface area contributed by atoms with E-state index < -0.39 is 5.56 Å². The second-order valence-corrected chi connectivity index (χ2v) is 4.54. The van der Waals surface area contributed by atoms with Crippen LogP contribution < -0.4 is 10.3 Å². The van der Waals surface area contributed by atoms with Gasteiger partial charge >= 0.3 is 0 Å². The monoisotopic (exact) mass is 282 g/mol. The van der Waals surface area contributed by atoms with Crippen molar-refractivity contribution < 1.29 is 9.53 Å². The summed E-state index contributed by atoms with van der Waals surface area (Å²) in [5.74, 6) is 0.433. The number of hydrogen-bond donors (Lipinski definition) is 0. The lowest BCUT2D eigenvalue weighted by Crippen LogP contribution is -2.26. The number of nitriles is 1. The SMILES string of the molecule is COc1ccccc1-c1ccc(C#N)c(=O)n1CC(C)=O. The van der Waals surface area contributed by atoms with E-state index in [1.165, 1.54) is 24.7 Å². The maximum absolute atomic E-state index is 12.3. The van der Waals surface area contributed by atoms with Crippen LogP contribution in [0, 0.1) is 11.3 Å². The molecule has 5 nitrogen and oxygen atoms in total. The van der Waals surface area contributed by atoms with E-state index in [9.17, 15) is 9.59 Å². The van der Waals surface area contributed by atoms with Crippen molar-refractivity contribution in [1.82, 2.24) is 4.57 Å². The first-order valence-electron chi connectivity index (χ1n) is 6.35. The quantitative estimate of drug-likeness (QED) is 0.859. The lowest BCUT2D eigenvalue weighted by Gasteiger charge is -2.14. The summed E-state index contributed by atoms with van der Waals surface area (Å²) in [6, 6.07) is 12.2. The van der Waals surface area contributed by atoms with E-state index in [4.69, 9.17) is 10.00 Å². The molecule has 0 atom stereocenters. The number of hydrogen-bond acceptors (Lipinski definition) is 4. The van der Waals surface area contributed by atoms with E-state index in [1.54, 1.807) is 18.2 Å². The molecule has 0 aliphatic heterocycles. The van der Waals surface area contributed by atoms with E-state index in [2.05, 4.69) is 0 Å². The Bertz CT molecular complexity index is 785. The van der Waals surface area contributed by atoms with E-state index in [0.717, 1.165) is 0 Å². The van der Waals surface area contributed by atoms with Gasteiger partial charge in [-0.15, -0.1) is 0 Å². The van der Waals surface area contributed by atoms with Crippen molar-refractivity contribution >= 4 is 5.78 Å². The molecule has 0 saturated heterocycles. The molecule has 0 radical (unpaired) electrons. The number of ketones is 1. The van der Waals surface area contributed by atoms with Crippen LogP contribution in [0.2, 0.25) is 0 Å². The number of ether oxygens (including phenoxy) is 1. The van der Waals surface area contributed by atoms with Gasteiger partial charge in [0.25, 0.3) is 5.56 Å². The highest BCUT2D eigenvalue weighted by molar-refractivity contribution is 5.77. The number of rotatable bonds is 4. The summed E-state index contributed by atoms with van der Waals surface area (Å²) in [4.78, 5) is 23.7. The average molecular weight is 282 g/mol.